The summed E-state index contributed by atoms with van der Waals surface area (Å²) in [5.41, 5.74) is -2.48. The number of Topliss-reactive ketones (excluding diaryl/α,β-unsaturated/α-hetero) is 2. The molecule has 94 valence electrons. The zero-order valence-corrected chi connectivity index (χ0v) is 11.1. The molecular formula is C12H19BO4. The Morgan fingerprint density at radius 3 is 1.94 bits per heavy atom. The summed E-state index contributed by atoms with van der Waals surface area (Å²) in [6.07, 6.45) is 0.300. The van der Waals surface area contributed by atoms with E-state index in [2.05, 4.69) is 0 Å². The van der Waals surface area contributed by atoms with Crippen LogP contribution in [-0.4, -0.2) is 31.0 Å². The average Bonchev–Trinajstić information content (AvgIpc) is 2.16. The molecule has 5 heteroatoms. The van der Waals surface area contributed by atoms with Gasteiger partial charge in [-0.25, -0.2) is 0 Å². The summed E-state index contributed by atoms with van der Waals surface area (Å²) in [5, 5.41) is 0. The van der Waals surface area contributed by atoms with Crippen molar-refractivity contribution >= 4 is 25.4 Å². The Morgan fingerprint density at radius 2 is 1.59 bits per heavy atom. The van der Waals surface area contributed by atoms with Crippen LogP contribution < -0.4 is 0 Å². The second-order valence-corrected chi connectivity index (χ2v) is 5.04. The van der Waals surface area contributed by atoms with Crippen LogP contribution in [0.4, 0.5) is 0 Å². The Balaban J connectivity index is 4.82. The second kappa shape index (κ2) is 5.47. The van der Waals surface area contributed by atoms with Gasteiger partial charge in [-0.15, -0.1) is 0 Å². The molecule has 2 radical (unpaired) electrons. The average molecular weight is 238 g/mol. The first kappa shape index (κ1) is 15.9. The molecule has 0 heterocycles. The number of esters is 1. The lowest BCUT2D eigenvalue weighted by Crippen LogP contribution is -2.43. The topological polar surface area (TPSA) is 60.4 Å². The van der Waals surface area contributed by atoms with Crippen LogP contribution in [0, 0.1) is 5.41 Å². The first-order valence-electron chi connectivity index (χ1n) is 5.53. The quantitative estimate of drug-likeness (QED) is 0.399. The minimum Gasteiger partial charge on any atom is -0.451 e. The second-order valence-electron chi connectivity index (χ2n) is 5.04. The van der Waals surface area contributed by atoms with E-state index in [9.17, 15) is 14.4 Å². The molecule has 0 N–H and O–H groups in total. The first-order chi connectivity index (χ1) is 7.55. The fourth-order valence-electron chi connectivity index (χ4n) is 0.989. The van der Waals surface area contributed by atoms with Gasteiger partial charge < -0.3 is 4.74 Å². The Hall–Kier alpha value is -1.13. The SMILES string of the molecule is [B]CCC(=O)C(C)(C)C(=O)OC(C)(C)C(C)=O. The molecule has 0 aromatic heterocycles. The molecule has 0 rings (SSSR count). The summed E-state index contributed by atoms with van der Waals surface area (Å²) in [7, 11) is 5.27. The van der Waals surface area contributed by atoms with Gasteiger partial charge in [0.1, 0.15) is 11.2 Å². The Morgan fingerprint density at radius 1 is 1.12 bits per heavy atom. The number of rotatable bonds is 6. The first-order valence-corrected chi connectivity index (χ1v) is 5.53. The molecule has 0 aromatic carbocycles. The van der Waals surface area contributed by atoms with Crippen LogP contribution in [0.1, 0.15) is 41.0 Å². The fraction of sp³-hybridized carbons (Fsp3) is 0.750. The van der Waals surface area contributed by atoms with Crippen LogP contribution in [0.3, 0.4) is 0 Å². The number of hydrogen-bond acceptors (Lipinski definition) is 4. The van der Waals surface area contributed by atoms with E-state index in [0.717, 1.165) is 0 Å². The van der Waals surface area contributed by atoms with Crippen molar-refractivity contribution in [2.45, 2.75) is 53.0 Å². The van der Waals surface area contributed by atoms with Crippen molar-refractivity contribution in [3.63, 3.8) is 0 Å². The summed E-state index contributed by atoms with van der Waals surface area (Å²) in [5.74, 6) is -1.26. The highest BCUT2D eigenvalue weighted by atomic mass is 16.6. The fourth-order valence-corrected chi connectivity index (χ4v) is 0.989. The van der Waals surface area contributed by atoms with Gasteiger partial charge in [-0.05, 0) is 41.0 Å². The molecule has 0 saturated carbocycles. The van der Waals surface area contributed by atoms with Crippen LogP contribution in [0.25, 0.3) is 0 Å². The van der Waals surface area contributed by atoms with Crippen molar-refractivity contribution in [3.8, 4) is 0 Å². The Labute approximate surface area is 104 Å². The predicted octanol–water partition coefficient (Wildman–Crippen LogP) is 1.47. The molecule has 0 spiro atoms. The molecule has 0 aliphatic heterocycles. The molecule has 0 saturated heterocycles. The molecule has 17 heavy (non-hydrogen) atoms. The number of hydrogen-bond donors (Lipinski definition) is 0. The maximum atomic E-state index is 11.9. The van der Waals surface area contributed by atoms with Gasteiger partial charge in [-0.1, -0.05) is 6.32 Å². The maximum Gasteiger partial charge on any atom is 0.320 e. The smallest absolute Gasteiger partial charge is 0.320 e. The number of carbonyl (C=O) groups excluding carboxylic acids is 3. The number of ketones is 2. The van der Waals surface area contributed by atoms with Gasteiger partial charge in [0.05, 0.1) is 7.85 Å². The highest BCUT2D eigenvalue weighted by Crippen LogP contribution is 2.25. The van der Waals surface area contributed by atoms with Crippen LogP contribution in [0.15, 0.2) is 0 Å². The summed E-state index contributed by atoms with van der Waals surface area (Å²) >= 11 is 0. The third kappa shape index (κ3) is 3.98. The highest BCUT2D eigenvalue weighted by Gasteiger charge is 2.40. The normalized spacial score (nSPS) is 12.1. The van der Waals surface area contributed by atoms with E-state index >= 15 is 0 Å². The lowest BCUT2D eigenvalue weighted by molar-refractivity contribution is -0.173. The maximum absolute atomic E-state index is 11.9. The number of carbonyl (C=O) groups is 3. The molecule has 0 aromatic rings. The van der Waals surface area contributed by atoms with Gasteiger partial charge in [0, 0.05) is 0 Å². The lowest BCUT2D eigenvalue weighted by atomic mass is 9.83. The van der Waals surface area contributed by atoms with E-state index in [1.54, 1.807) is 0 Å². The van der Waals surface area contributed by atoms with E-state index in [1.807, 2.05) is 0 Å². The van der Waals surface area contributed by atoms with Gasteiger partial charge in [-0.2, -0.15) is 0 Å². The van der Waals surface area contributed by atoms with Crippen molar-refractivity contribution < 1.29 is 19.1 Å². The third-order valence-corrected chi connectivity index (χ3v) is 2.77. The summed E-state index contributed by atoms with van der Waals surface area (Å²) < 4.78 is 5.08. The van der Waals surface area contributed by atoms with Crippen molar-refractivity contribution in [2.75, 3.05) is 0 Å². The minimum atomic E-state index is -1.27. The van der Waals surface area contributed by atoms with E-state index in [4.69, 9.17) is 12.6 Å². The van der Waals surface area contributed by atoms with E-state index in [1.165, 1.54) is 34.6 Å². The Bertz CT molecular complexity index is 331. The van der Waals surface area contributed by atoms with Crippen LogP contribution in [0.5, 0.6) is 0 Å². The van der Waals surface area contributed by atoms with Crippen LogP contribution >= 0.6 is 0 Å². The summed E-state index contributed by atoms with van der Waals surface area (Å²) in [6.45, 7) is 7.28. The van der Waals surface area contributed by atoms with E-state index < -0.39 is 17.0 Å². The Kier molecular flexibility index (Phi) is 5.11. The van der Waals surface area contributed by atoms with Crippen molar-refractivity contribution in [2.24, 2.45) is 5.41 Å². The zero-order chi connectivity index (χ0) is 13.9. The monoisotopic (exact) mass is 238 g/mol. The molecule has 0 amide bonds. The van der Waals surface area contributed by atoms with Crippen LogP contribution in [0.2, 0.25) is 6.32 Å². The predicted molar refractivity (Wildman–Crippen MR) is 64.8 cm³/mol. The van der Waals surface area contributed by atoms with Gasteiger partial charge in [0.2, 0.25) is 0 Å². The lowest BCUT2D eigenvalue weighted by Gasteiger charge is -2.28. The molecule has 0 aliphatic rings. The summed E-state index contributed by atoms with van der Waals surface area (Å²) in [6, 6.07) is 0. The molecular weight excluding hydrogens is 219 g/mol. The van der Waals surface area contributed by atoms with Crippen LogP contribution in [-0.2, 0) is 19.1 Å². The zero-order valence-electron chi connectivity index (χ0n) is 11.1. The van der Waals surface area contributed by atoms with Crippen molar-refractivity contribution in [1.29, 1.82) is 0 Å². The van der Waals surface area contributed by atoms with Crippen molar-refractivity contribution in [1.82, 2.24) is 0 Å². The van der Waals surface area contributed by atoms with E-state index in [-0.39, 0.29) is 24.3 Å². The molecule has 0 bridgehead atoms. The molecule has 0 fully saturated rings. The van der Waals surface area contributed by atoms with Gasteiger partial charge in [-0.3, -0.25) is 14.4 Å². The van der Waals surface area contributed by atoms with Crippen molar-refractivity contribution in [3.05, 3.63) is 0 Å². The van der Waals surface area contributed by atoms with Gasteiger partial charge in [0.25, 0.3) is 0 Å². The van der Waals surface area contributed by atoms with Gasteiger partial charge in [0.15, 0.2) is 11.4 Å². The molecule has 4 nitrogen and oxygen atoms in total. The highest BCUT2D eigenvalue weighted by molar-refractivity contribution is 6.12. The molecule has 0 unspecified atom stereocenters. The molecule has 0 atom stereocenters. The standard InChI is InChI=1S/C12H19BO4/c1-8(14)12(4,5)17-10(16)11(2,3)9(15)6-7-13/h6-7H2,1-5H3. The third-order valence-electron chi connectivity index (χ3n) is 2.77. The molecule has 0 aliphatic carbocycles. The largest absolute Gasteiger partial charge is 0.451 e. The van der Waals surface area contributed by atoms with Gasteiger partial charge >= 0.3 is 5.97 Å². The minimum absolute atomic E-state index is 0.114. The van der Waals surface area contributed by atoms with E-state index in [0.29, 0.717) is 0 Å². The number of ether oxygens (including phenoxy) is 1. The summed E-state index contributed by atoms with van der Waals surface area (Å²) in [4.78, 5) is 34.8.